The minimum atomic E-state index is -0.134. The first-order valence-electron chi connectivity index (χ1n) is 15.9. The van der Waals surface area contributed by atoms with Crippen LogP contribution in [0.4, 0.5) is 0 Å². The van der Waals surface area contributed by atoms with Gasteiger partial charge in [0.05, 0.1) is 5.56 Å². The van der Waals surface area contributed by atoms with Gasteiger partial charge >= 0.3 is 5.97 Å². The third-order valence-electron chi connectivity index (χ3n) is 12.9. The lowest BCUT2D eigenvalue weighted by Gasteiger charge is -2.61. The van der Waals surface area contributed by atoms with Gasteiger partial charge in [-0.15, -0.1) is 0 Å². The van der Waals surface area contributed by atoms with Crippen LogP contribution in [0.1, 0.15) is 123 Å². The highest BCUT2D eigenvalue weighted by atomic mass is 16.5. The van der Waals surface area contributed by atoms with E-state index in [1.807, 2.05) is 30.3 Å². The maximum absolute atomic E-state index is 12.7. The molecule has 0 aliphatic heterocycles. The molecule has 4 fully saturated rings. The molecule has 0 spiro atoms. The second-order valence-corrected chi connectivity index (χ2v) is 14.8. The summed E-state index contributed by atoms with van der Waals surface area (Å²) in [6.45, 7) is 15.2. The molecule has 2 nitrogen and oxygen atoms in total. The zero-order chi connectivity index (χ0) is 26.4. The smallest absolute Gasteiger partial charge is 0.338 e. The van der Waals surface area contributed by atoms with Crippen LogP contribution in [0.2, 0.25) is 0 Å². The second-order valence-electron chi connectivity index (χ2n) is 14.8. The highest BCUT2D eigenvalue weighted by Gasteiger charge is 2.60. The summed E-state index contributed by atoms with van der Waals surface area (Å²) < 4.78 is 6.05. The Balaban J connectivity index is 1.22. The predicted molar refractivity (Wildman–Crippen MR) is 153 cm³/mol. The van der Waals surface area contributed by atoms with Gasteiger partial charge in [-0.3, -0.25) is 0 Å². The van der Waals surface area contributed by atoms with Gasteiger partial charge in [0, 0.05) is 0 Å². The van der Waals surface area contributed by atoms with Crippen molar-refractivity contribution in [1.82, 2.24) is 0 Å². The minimum Gasteiger partial charge on any atom is -0.459 e. The topological polar surface area (TPSA) is 26.3 Å². The van der Waals surface area contributed by atoms with Crippen molar-refractivity contribution in [2.45, 2.75) is 118 Å². The van der Waals surface area contributed by atoms with Crippen molar-refractivity contribution in [3.63, 3.8) is 0 Å². The lowest BCUT2D eigenvalue weighted by Crippen LogP contribution is -2.54. The Bertz CT molecular complexity index is 922. The van der Waals surface area contributed by atoms with E-state index in [0.29, 0.717) is 22.3 Å². The van der Waals surface area contributed by atoms with Crippen molar-refractivity contribution >= 4 is 5.97 Å². The molecule has 2 heteroatoms. The van der Waals surface area contributed by atoms with Crippen molar-refractivity contribution in [3.8, 4) is 0 Å². The van der Waals surface area contributed by atoms with Gasteiger partial charge in [0.1, 0.15) is 6.10 Å². The maximum Gasteiger partial charge on any atom is 0.338 e. The van der Waals surface area contributed by atoms with Gasteiger partial charge in [-0.25, -0.2) is 4.79 Å². The number of carbonyl (C=O) groups is 1. The van der Waals surface area contributed by atoms with Gasteiger partial charge in [0.15, 0.2) is 0 Å². The molecular weight excluding hydrogens is 452 g/mol. The zero-order valence-electron chi connectivity index (χ0n) is 24.7. The van der Waals surface area contributed by atoms with Crippen LogP contribution >= 0.6 is 0 Å². The maximum atomic E-state index is 12.7. The van der Waals surface area contributed by atoms with Crippen LogP contribution in [-0.4, -0.2) is 12.1 Å². The molecule has 1 aromatic carbocycles. The molecule has 4 aliphatic carbocycles. The molecular formula is C35H54O2. The number of fused-ring (bicyclic) bond motifs is 5. The normalized spacial score (nSPS) is 40.8. The Morgan fingerprint density at radius 3 is 2.30 bits per heavy atom. The molecule has 206 valence electrons. The highest BCUT2D eigenvalue weighted by molar-refractivity contribution is 5.89. The Hall–Kier alpha value is -1.31. The van der Waals surface area contributed by atoms with E-state index in [1.165, 1.54) is 57.8 Å². The van der Waals surface area contributed by atoms with Crippen LogP contribution in [0.5, 0.6) is 0 Å². The van der Waals surface area contributed by atoms with Crippen molar-refractivity contribution in [2.24, 2.45) is 58.2 Å². The van der Waals surface area contributed by atoms with Gasteiger partial charge in [0.2, 0.25) is 0 Å². The quantitative estimate of drug-likeness (QED) is 0.344. The molecule has 37 heavy (non-hydrogen) atoms. The summed E-state index contributed by atoms with van der Waals surface area (Å²) in [5.74, 6) is 6.78. The van der Waals surface area contributed by atoms with Crippen LogP contribution in [-0.2, 0) is 4.74 Å². The average Bonchev–Trinajstić information content (AvgIpc) is 3.25. The summed E-state index contributed by atoms with van der Waals surface area (Å²) >= 11 is 0. The third kappa shape index (κ3) is 5.05. The lowest BCUT2D eigenvalue weighted by molar-refractivity contribution is -0.130. The number of ether oxygens (including phenoxy) is 1. The first-order chi connectivity index (χ1) is 17.6. The van der Waals surface area contributed by atoms with Gasteiger partial charge in [-0.05, 0) is 128 Å². The van der Waals surface area contributed by atoms with Crippen molar-refractivity contribution in [2.75, 3.05) is 0 Å². The van der Waals surface area contributed by atoms with Crippen LogP contribution in [0.15, 0.2) is 30.3 Å². The Labute approximate surface area is 227 Å². The van der Waals surface area contributed by atoms with E-state index >= 15 is 0 Å². The van der Waals surface area contributed by atoms with E-state index in [9.17, 15) is 4.79 Å². The summed E-state index contributed by atoms with van der Waals surface area (Å²) in [6.07, 6.45) is 14.9. The van der Waals surface area contributed by atoms with Crippen molar-refractivity contribution in [3.05, 3.63) is 35.9 Å². The molecule has 1 aromatic rings. The fraction of sp³-hybridized carbons (Fsp3) is 0.800. The number of esters is 1. The summed E-state index contributed by atoms with van der Waals surface area (Å²) in [4.78, 5) is 12.7. The third-order valence-corrected chi connectivity index (χ3v) is 12.9. The predicted octanol–water partition coefficient (Wildman–Crippen LogP) is 9.58. The standard InChI is InChI=1S/C35H54O2/c1-23(2)24(3)12-13-25(4)30-16-17-31-29-15-14-27-22-28(37-33(36)26-10-8-7-9-11-26)18-20-34(27,5)32(29)19-21-35(30,31)6/h7-11,23-25,27-32H,12-22H2,1-6H3/t24-,25+,27-,28-,29-,30+,31-,32-,34-,35+/m0/s1. The number of rotatable bonds is 7. The summed E-state index contributed by atoms with van der Waals surface area (Å²) in [7, 11) is 0. The van der Waals surface area contributed by atoms with Gasteiger partial charge < -0.3 is 4.74 Å². The number of carbonyl (C=O) groups excluding carboxylic acids is 1. The van der Waals surface area contributed by atoms with E-state index in [4.69, 9.17) is 4.74 Å². The molecule has 4 aliphatic rings. The molecule has 5 rings (SSSR count). The lowest BCUT2D eigenvalue weighted by atomic mass is 9.44. The molecule has 0 saturated heterocycles. The molecule has 4 saturated carbocycles. The summed E-state index contributed by atoms with van der Waals surface area (Å²) in [5, 5.41) is 0. The average molecular weight is 507 g/mol. The van der Waals surface area contributed by atoms with Crippen LogP contribution in [0.3, 0.4) is 0 Å². The molecule has 0 aromatic heterocycles. The Morgan fingerprint density at radius 2 is 1.57 bits per heavy atom. The number of benzene rings is 1. The number of hydrogen-bond donors (Lipinski definition) is 0. The molecule has 0 unspecified atom stereocenters. The fourth-order valence-electron chi connectivity index (χ4n) is 10.2. The van der Waals surface area contributed by atoms with Crippen molar-refractivity contribution in [1.29, 1.82) is 0 Å². The van der Waals surface area contributed by atoms with Crippen molar-refractivity contribution < 1.29 is 9.53 Å². The first-order valence-corrected chi connectivity index (χ1v) is 15.9. The van der Waals surface area contributed by atoms with Crippen LogP contribution < -0.4 is 0 Å². The van der Waals surface area contributed by atoms with E-state index < -0.39 is 0 Å². The van der Waals surface area contributed by atoms with Crippen LogP contribution in [0.25, 0.3) is 0 Å². The van der Waals surface area contributed by atoms with Crippen LogP contribution in [0, 0.1) is 58.2 Å². The number of hydrogen-bond acceptors (Lipinski definition) is 2. The monoisotopic (exact) mass is 506 g/mol. The van der Waals surface area contributed by atoms with E-state index in [1.54, 1.807) is 0 Å². The molecule has 0 radical (unpaired) electrons. The first kappa shape index (κ1) is 27.3. The van der Waals surface area contributed by atoms with E-state index in [-0.39, 0.29) is 12.1 Å². The molecule has 0 amide bonds. The van der Waals surface area contributed by atoms with E-state index in [0.717, 1.165) is 54.3 Å². The highest BCUT2D eigenvalue weighted by Crippen LogP contribution is 2.68. The molecule has 0 bridgehead atoms. The molecule has 0 N–H and O–H groups in total. The summed E-state index contributed by atoms with van der Waals surface area (Å²) in [5.41, 5.74) is 1.69. The minimum absolute atomic E-state index is 0.0983. The molecule has 0 heterocycles. The largest absolute Gasteiger partial charge is 0.459 e. The van der Waals surface area contributed by atoms with E-state index in [2.05, 4.69) is 41.5 Å². The summed E-state index contributed by atoms with van der Waals surface area (Å²) in [6, 6.07) is 9.55. The fourth-order valence-corrected chi connectivity index (χ4v) is 10.2. The second kappa shape index (κ2) is 10.7. The molecule has 10 atom stereocenters. The van der Waals surface area contributed by atoms with Gasteiger partial charge in [-0.1, -0.05) is 72.6 Å². The van der Waals surface area contributed by atoms with Gasteiger partial charge in [-0.2, -0.15) is 0 Å². The SMILES string of the molecule is CC(C)[C@@H](C)CC[C@@H](C)[C@H]1CC[C@H]2[C@@H]3CC[C@H]4C[C@@H](OC(=O)c5ccccc5)CC[C@]4(C)[C@H]3CC[C@]12C. The Kier molecular flexibility index (Phi) is 7.88. The zero-order valence-corrected chi connectivity index (χ0v) is 24.7. The van der Waals surface area contributed by atoms with Gasteiger partial charge in [0.25, 0.3) is 0 Å². The Morgan fingerprint density at radius 1 is 0.865 bits per heavy atom.